The van der Waals surface area contributed by atoms with Crippen LogP contribution in [-0.4, -0.2) is 28.3 Å². The fourth-order valence-corrected chi connectivity index (χ4v) is 3.86. The quantitative estimate of drug-likeness (QED) is 0.449. The summed E-state index contributed by atoms with van der Waals surface area (Å²) in [6, 6.07) is 17.1. The molecule has 2 aromatic heterocycles. The predicted molar refractivity (Wildman–Crippen MR) is 124 cm³/mol. The van der Waals surface area contributed by atoms with Crippen molar-refractivity contribution in [1.82, 2.24) is 14.1 Å². The van der Waals surface area contributed by atoms with Crippen LogP contribution in [0.25, 0.3) is 11.0 Å². The van der Waals surface area contributed by atoms with E-state index < -0.39 is 0 Å². The van der Waals surface area contributed by atoms with E-state index in [4.69, 9.17) is 9.47 Å². The van der Waals surface area contributed by atoms with Crippen LogP contribution in [0.2, 0.25) is 0 Å². The van der Waals surface area contributed by atoms with Gasteiger partial charge in [-0.1, -0.05) is 35.9 Å². The van der Waals surface area contributed by atoms with Crippen LogP contribution in [-0.2, 0) is 19.5 Å². The summed E-state index contributed by atoms with van der Waals surface area (Å²) in [5, 5.41) is 0. The summed E-state index contributed by atoms with van der Waals surface area (Å²) in [6.45, 7) is 2.60. The van der Waals surface area contributed by atoms with Gasteiger partial charge in [-0.15, -0.1) is 0 Å². The Labute approximate surface area is 185 Å². The largest absolute Gasteiger partial charge is 0.493 e. The van der Waals surface area contributed by atoms with Crippen LogP contribution in [0.3, 0.4) is 0 Å². The van der Waals surface area contributed by atoms with Gasteiger partial charge < -0.3 is 9.47 Å². The van der Waals surface area contributed by atoms with E-state index in [0.717, 1.165) is 16.7 Å². The molecule has 0 bridgehead atoms. The molecule has 2 aromatic carbocycles. The van der Waals surface area contributed by atoms with E-state index in [9.17, 15) is 9.59 Å². The van der Waals surface area contributed by atoms with Gasteiger partial charge in [-0.3, -0.25) is 13.9 Å². The molecule has 0 spiro atoms. The number of hydrogen-bond donors (Lipinski definition) is 0. The molecule has 4 aromatic rings. The number of nitrogens with zero attached hydrogens (tertiary/aromatic N) is 3. The topological polar surface area (TPSA) is 75.4 Å². The zero-order valence-corrected chi connectivity index (χ0v) is 18.4. The zero-order valence-electron chi connectivity index (χ0n) is 18.4. The van der Waals surface area contributed by atoms with Crippen molar-refractivity contribution in [2.24, 2.45) is 0 Å². The lowest BCUT2D eigenvalue weighted by atomic mass is 10.1. The molecule has 0 N–H and O–H groups in total. The fraction of sp³-hybridized carbons (Fsp3) is 0.240. The first-order valence-electron chi connectivity index (χ1n) is 10.4. The van der Waals surface area contributed by atoms with Gasteiger partial charge in [0.2, 0.25) is 0 Å². The van der Waals surface area contributed by atoms with Crippen molar-refractivity contribution in [3.63, 3.8) is 0 Å². The second kappa shape index (κ2) is 9.09. The number of pyridine rings is 1. The van der Waals surface area contributed by atoms with Gasteiger partial charge in [0.25, 0.3) is 5.56 Å². The number of ether oxygens (including phenoxy) is 2. The van der Waals surface area contributed by atoms with Crippen LogP contribution in [0.15, 0.2) is 70.4 Å². The van der Waals surface area contributed by atoms with E-state index in [-0.39, 0.29) is 23.3 Å². The molecule has 0 saturated carbocycles. The van der Waals surface area contributed by atoms with Crippen molar-refractivity contribution >= 4 is 11.0 Å². The Morgan fingerprint density at radius 1 is 0.875 bits per heavy atom. The van der Waals surface area contributed by atoms with E-state index in [1.165, 1.54) is 4.57 Å². The van der Waals surface area contributed by atoms with Crippen molar-refractivity contribution in [3.05, 3.63) is 98.3 Å². The summed E-state index contributed by atoms with van der Waals surface area (Å²) in [5.41, 5.74) is 3.12. The summed E-state index contributed by atoms with van der Waals surface area (Å²) >= 11 is 0. The molecule has 32 heavy (non-hydrogen) atoms. The molecule has 7 nitrogen and oxygen atoms in total. The number of methoxy groups -OCH3 is 2. The monoisotopic (exact) mass is 431 g/mol. The summed E-state index contributed by atoms with van der Waals surface area (Å²) in [7, 11) is 3.15. The van der Waals surface area contributed by atoms with Crippen molar-refractivity contribution < 1.29 is 9.47 Å². The summed E-state index contributed by atoms with van der Waals surface area (Å²) in [6.07, 6.45) is 2.06. The van der Waals surface area contributed by atoms with Gasteiger partial charge >= 0.3 is 5.69 Å². The van der Waals surface area contributed by atoms with Crippen LogP contribution in [0.4, 0.5) is 0 Å². The minimum absolute atomic E-state index is 0.230. The average Bonchev–Trinajstić information content (AvgIpc) is 2.81. The first kappa shape index (κ1) is 21.4. The SMILES string of the molecule is COc1ccc(CCn2c(=O)c3ncccc3n(Cc3cccc(C)c3)c2=O)cc1OC. The summed E-state index contributed by atoms with van der Waals surface area (Å²) in [4.78, 5) is 30.8. The maximum atomic E-state index is 13.4. The zero-order chi connectivity index (χ0) is 22.7. The predicted octanol–water partition coefficient (Wildman–Crippen LogP) is 3.17. The second-order valence-electron chi connectivity index (χ2n) is 7.63. The van der Waals surface area contributed by atoms with E-state index >= 15 is 0 Å². The van der Waals surface area contributed by atoms with Gasteiger partial charge in [-0.05, 0) is 48.7 Å². The van der Waals surface area contributed by atoms with Gasteiger partial charge in [-0.25, -0.2) is 9.78 Å². The first-order valence-corrected chi connectivity index (χ1v) is 10.4. The lowest BCUT2D eigenvalue weighted by molar-refractivity contribution is 0.354. The fourth-order valence-electron chi connectivity index (χ4n) is 3.86. The molecule has 0 aliphatic heterocycles. The van der Waals surface area contributed by atoms with Gasteiger partial charge in [0.15, 0.2) is 17.0 Å². The lowest BCUT2D eigenvalue weighted by Crippen LogP contribution is -2.41. The molecule has 2 heterocycles. The normalized spacial score (nSPS) is 11.0. The highest BCUT2D eigenvalue weighted by atomic mass is 16.5. The van der Waals surface area contributed by atoms with Gasteiger partial charge in [0.1, 0.15) is 0 Å². The smallest absolute Gasteiger partial charge is 0.331 e. The Balaban J connectivity index is 1.75. The molecule has 7 heteroatoms. The highest BCUT2D eigenvalue weighted by molar-refractivity contribution is 5.73. The molecular weight excluding hydrogens is 406 g/mol. The third-order valence-electron chi connectivity index (χ3n) is 5.48. The Morgan fingerprint density at radius 3 is 2.44 bits per heavy atom. The lowest BCUT2D eigenvalue weighted by Gasteiger charge is -2.14. The number of fused-ring (bicyclic) bond motifs is 1. The summed E-state index contributed by atoms with van der Waals surface area (Å²) < 4.78 is 13.5. The van der Waals surface area contributed by atoms with Crippen molar-refractivity contribution in [1.29, 1.82) is 0 Å². The number of hydrogen-bond acceptors (Lipinski definition) is 5. The molecule has 0 fully saturated rings. The maximum absolute atomic E-state index is 13.4. The third kappa shape index (κ3) is 4.14. The van der Waals surface area contributed by atoms with Crippen molar-refractivity contribution in [3.8, 4) is 11.5 Å². The standard InChI is InChI=1S/C25H25N3O4/c1-17-6-4-7-19(14-17)16-28-20-8-5-12-26-23(20)24(29)27(25(28)30)13-11-18-9-10-21(31-2)22(15-18)32-3/h4-10,12,14-15H,11,13,16H2,1-3H3. The van der Waals surface area contributed by atoms with E-state index in [2.05, 4.69) is 4.98 Å². The number of benzene rings is 2. The van der Waals surface area contributed by atoms with Gasteiger partial charge in [-0.2, -0.15) is 0 Å². The highest BCUT2D eigenvalue weighted by Crippen LogP contribution is 2.27. The first-order chi connectivity index (χ1) is 15.5. The average molecular weight is 431 g/mol. The molecule has 0 unspecified atom stereocenters. The van der Waals surface area contributed by atoms with Crippen molar-refractivity contribution in [2.45, 2.75) is 26.4 Å². The minimum Gasteiger partial charge on any atom is -0.493 e. The van der Waals surface area contributed by atoms with Crippen LogP contribution in [0, 0.1) is 6.92 Å². The molecule has 0 amide bonds. The van der Waals surface area contributed by atoms with E-state index in [0.29, 0.717) is 30.0 Å². The molecule has 164 valence electrons. The van der Waals surface area contributed by atoms with Crippen LogP contribution in [0.5, 0.6) is 11.5 Å². The number of rotatable bonds is 7. The molecular formula is C25H25N3O4. The van der Waals surface area contributed by atoms with Gasteiger partial charge in [0.05, 0.1) is 26.3 Å². The molecule has 0 aliphatic rings. The van der Waals surface area contributed by atoms with Crippen molar-refractivity contribution in [2.75, 3.05) is 14.2 Å². The van der Waals surface area contributed by atoms with Crippen LogP contribution < -0.4 is 20.7 Å². The Kier molecular flexibility index (Phi) is 6.07. The number of aromatic nitrogens is 3. The van der Waals surface area contributed by atoms with Gasteiger partial charge in [0, 0.05) is 12.7 Å². The maximum Gasteiger partial charge on any atom is 0.331 e. The molecule has 0 aliphatic carbocycles. The third-order valence-corrected chi connectivity index (χ3v) is 5.48. The molecule has 0 atom stereocenters. The summed E-state index contributed by atoms with van der Waals surface area (Å²) in [5.74, 6) is 1.23. The van der Waals surface area contributed by atoms with Crippen LogP contribution >= 0.6 is 0 Å². The second-order valence-corrected chi connectivity index (χ2v) is 7.63. The van der Waals surface area contributed by atoms with E-state index in [1.54, 1.807) is 37.1 Å². The Morgan fingerprint density at radius 2 is 1.69 bits per heavy atom. The minimum atomic E-state index is -0.383. The molecule has 0 radical (unpaired) electrons. The molecule has 0 saturated heterocycles. The Hall–Kier alpha value is -3.87. The van der Waals surface area contributed by atoms with Crippen LogP contribution in [0.1, 0.15) is 16.7 Å². The highest BCUT2D eigenvalue weighted by Gasteiger charge is 2.15. The Bertz CT molecular complexity index is 1390. The molecule has 4 rings (SSSR count). The van der Waals surface area contributed by atoms with E-state index in [1.807, 2.05) is 49.4 Å². The number of aryl methyl sites for hydroxylation is 2.